The largest absolute Gasteiger partial charge is 0.311 e. The Kier molecular flexibility index (Phi) is 8.26. The fourth-order valence-corrected chi connectivity index (χ4v) is 5.77. The van der Waals surface area contributed by atoms with E-state index in [9.17, 15) is 0 Å². The zero-order valence-electron chi connectivity index (χ0n) is 22.3. The van der Waals surface area contributed by atoms with Gasteiger partial charge in [-0.2, -0.15) is 11.1 Å². The van der Waals surface area contributed by atoms with E-state index in [0.29, 0.717) is 0 Å². The third kappa shape index (κ3) is 7.05. The highest BCUT2D eigenvalue weighted by atomic mass is 35.6. The summed E-state index contributed by atoms with van der Waals surface area (Å²) in [6, 6.07) is 46.8. The molecule has 0 saturated heterocycles. The zero-order valence-corrected chi connectivity index (χ0v) is 24.1. The number of rotatable bonds is 8. The summed E-state index contributed by atoms with van der Waals surface area (Å²) in [5.41, 5.74) is 8.09. The topological polar surface area (TPSA) is 3.24 Å². The van der Waals surface area contributed by atoms with Crippen LogP contribution in [0.25, 0.3) is 24.3 Å². The van der Waals surface area contributed by atoms with Gasteiger partial charge in [-0.3, -0.25) is 0 Å². The standard InChI is InChI=1S/C36H32ClNSi/c1-39(2,37)36-27-23-32(24-28-36)20-18-30-15-13-29(14-16-30)17-19-31-21-25-35(26-22-31)38(33-9-5-3-6-10-33)34-11-7-4-8-12-34/h3-28H,1-2H3/b19-17+,20-18+. The summed E-state index contributed by atoms with van der Waals surface area (Å²) < 4.78 is 0. The van der Waals surface area contributed by atoms with Gasteiger partial charge in [0.25, 0.3) is 0 Å². The lowest BCUT2D eigenvalue weighted by Crippen LogP contribution is -2.34. The molecular formula is C36H32ClNSi. The quantitative estimate of drug-likeness (QED) is 0.107. The summed E-state index contributed by atoms with van der Waals surface area (Å²) in [5.74, 6) is 0. The van der Waals surface area contributed by atoms with E-state index in [1.165, 1.54) is 21.9 Å². The molecule has 1 nitrogen and oxygen atoms in total. The van der Waals surface area contributed by atoms with Gasteiger partial charge in [-0.25, -0.2) is 0 Å². The first-order chi connectivity index (χ1) is 19.0. The molecular weight excluding hydrogens is 510 g/mol. The molecule has 0 heterocycles. The highest BCUT2D eigenvalue weighted by molar-refractivity contribution is 7.26. The first-order valence-corrected chi connectivity index (χ1v) is 17.2. The second-order valence-corrected chi connectivity index (χ2v) is 16.4. The van der Waals surface area contributed by atoms with Gasteiger partial charge < -0.3 is 4.90 Å². The maximum absolute atomic E-state index is 6.54. The maximum Gasteiger partial charge on any atom is 0.180 e. The molecule has 0 bridgehead atoms. The average molecular weight is 542 g/mol. The van der Waals surface area contributed by atoms with Gasteiger partial charge in [0.15, 0.2) is 7.38 Å². The Morgan fingerprint density at radius 1 is 0.436 bits per heavy atom. The van der Waals surface area contributed by atoms with Gasteiger partial charge in [-0.15, -0.1) is 0 Å². The van der Waals surface area contributed by atoms with Crippen LogP contribution in [0.4, 0.5) is 17.1 Å². The maximum atomic E-state index is 6.54. The van der Waals surface area contributed by atoms with Crippen molar-refractivity contribution in [1.29, 1.82) is 0 Å². The van der Waals surface area contributed by atoms with Gasteiger partial charge >= 0.3 is 0 Å². The van der Waals surface area contributed by atoms with Crippen LogP contribution < -0.4 is 10.1 Å². The van der Waals surface area contributed by atoms with Crippen molar-refractivity contribution in [3.8, 4) is 0 Å². The molecule has 0 unspecified atom stereocenters. The second-order valence-electron chi connectivity index (χ2n) is 10.0. The molecule has 0 aromatic heterocycles. The summed E-state index contributed by atoms with van der Waals surface area (Å²) >= 11 is 6.54. The van der Waals surface area contributed by atoms with Crippen LogP contribution in [0, 0.1) is 0 Å². The minimum absolute atomic E-state index is 1.13. The van der Waals surface area contributed by atoms with Crippen LogP contribution in [-0.2, 0) is 0 Å². The zero-order chi connectivity index (χ0) is 27.1. The molecule has 0 spiro atoms. The fourth-order valence-electron chi connectivity index (χ4n) is 4.43. The number of anilines is 3. The van der Waals surface area contributed by atoms with Crippen LogP contribution in [0.5, 0.6) is 0 Å². The Morgan fingerprint density at radius 2 is 0.744 bits per heavy atom. The SMILES string of the molecule is C[Si](C)(Cl)c1ccc(/C=C/c2ccc(/C=C/c3ccc(N(c4ccccc4)c4ccccc4)cc3)cc2)cc1. The Hall–Kier alpha value is -4.11. The predicted molar refractivity (Wildman–Crippen MR) is 175 cm³/mol. The van der Waals surface area contributed by atoms with E-state index in [1.807, 2.05) is 12.1 Å². The van der Waals surface area contributed by atoms with E-state index in [2.05, 4.69) is 164 Å². The number of benzene rings is 5. The Balaban J connectivity index is 1.26. The molecule has 39 heavy (non-hydrogen) atoms. The van der Waals surface area contributed by atoms with Crippen LogP contribution in [0.1, 0.15) is 22.3 Å². The third-order valence-corrected chi connectivity index (χ3v) is 9.01. The molecule has 5 aromatic rings. The first kappa shape index (κ1) is 26.5. The van der Waals surface area contributed by atoms with E-state index < -0.39 is 7.38 Å². The number of nitrogens with zero attached hydrogens (tertiary/aromatic N) is 1. The lowest BCUT2D eigenvalue weighted by Gasteiger charge is -2.25. The molecule has 0 saturated carbocycles. The number of para-hydroxylation sites is 2. The summed E-state index contributed by atoms with van der Waals surface area (Å²) in [4.78, 5) is 2.27. The predicted octanol–water partition coefficient (Wildman–Crippen LogP) is 10.1. The van der Waals surface area contributed by atoms with Gasteiger partial charge in [-0.05, 0) is 63.8 Å². The van der Waals surface area contributed by atoms with Crippen molar-refractivity contribution in [1.82, 2.24) is 0 Å². The van der Waals surface area contributed by atoms with Gasteiger partial charge in [0.1, 0.15) is 0 Å². The molecule has 0 amide bonds. The van der Waals surface area contributed by atoms with E-state index >= 15 is 0 Å². The first-order valence-electron chi connectivity index (χ1n) is 13.2. The smallest absolute Gasteiger partial charge is 0.180 e. The average Bonchev–Trinajstić information content (AvgIpc) is 2.97. The fraction of sp³-hybridized carbons (Fsp3) is 0.0556. The number of hydrogen-bond acceptors (Lipinski definition) is 1. The van der Waals surface area contributed by atoms with E-state index in [-0.39, 0.29) is 0 Å². The molecule has 192 valence electrons. The monoisotopic (exact) mass is 541 g/mol. The van der Waals surface area contributed by atoms with Crippen LogP contribution in [-0.4, -0.2) is 7.38 Å². The van der Waals surface area contributed by atoms with Crippen LogP contribution in [0.2, 0.25) is 13.1 Å². The summed E-state index contributed by atoms with van der Waals surface area (Å²) in [6.07, 6.45) is 8.61. The highest BCUT2D eigenvalue weighted by Gasteiger charge is 2.19. The molecule has 0 aliphatic carbocycles. The summed E-state index contributed by atoms with van der Waals surface area (Å²) in [6.45, 7) is 4.30. The molecule has 0 radical (unpaired) electrons. The second kappa shape index (κ2) is 12.2. The molecule has 5 rings (SSSR count). The van der Waals surface area contributed by atoms with Gasteiger partial charge in [0.2, 0.25) is 0 Å². The van der Waals surface area contributed by atoms with Gasteiger partial charge in [0, 0.05) is 17.1 Å². The van der Waals surface area contributed by atoms with Crippen molar-refractivity contribution in [2.24, 2.45) is 0 Å². The van der Waals surface area contributed by atoms with Crippen molar-refractivity contribution < 1.29 is 0 Å². The molecule has 0 atom stereocenters. The molecule has 0 aliphatic rings. The van der Waals surface area contributed by atoms with Crippen LogP contribution in [0.3, 0.4) is 0 Å². The highest BCUT2D eigenvalue weighted by Crippen LogP contribution is 2.34. The van der Waals surface area contributed by atoms with Crippen molar-refractivity contribution >= 4 is 65.0 Å². The molecule has 0 fully saturated rings. The van der Waals surface area contributed by atoms with Crippen LogP contribution >= 0.6 is 11.1 Å². The summed E-state index contributed by atoms with van der Waals surface area (Å²) in [7, 11) is -1.78. The Bertz CT molecular complexity index is 1490. The Morgan fingerprint density at radius 3 is 1.10 bits per heavy atom. The van der Waals surface area contributed by atoms with Crippen molar-refractivity contribution in [3.63, 3.8) is 0 Å². The molecule has 5 aromatic carbocycles. The third-order valence-electron chi connectivity index (χ3n) is 6.65. The van der Waals surface area contributed by atoms with E-state index in [0.717, 1.165) is 22.6 Å². The van der Waals surface area contributed by atoms with E-state index in [4.69, 9.17) is 11.1 Å². The minimum atomic E-state index is -1.78. The van der Waals surface area contributed by atoms with Gasteiger partial charge in [-0.1, -0.05) is 134 Å². The molecule has 0 aliphatic heterocycles. The normalized spacial score (nSPS) is 11.8. The van der Waals surface area contributed by atoms with Gasteiger partial charge in [0.05, 0.1) is 0 Å². The van der Waals surface area contributed by atoms with Crippen molar-refractivity contribution in [2.45, 2.75) is 13.1 Å². The van der Waals surface area contributed by atoms with E-state index in [1.54, 1.807) is 0 Å². The number of halogens is 1. The lowest BCUT2D eigenvalue weighted by molar-refractivity contribution is 1.28. The van der Waals surface area contributed by atoms with Crippen molar-refractivity contribution in [2.75, 3.05) is 4.90 Å². The lowest BCUT2D eigenvalue weighted by atomic mass is 10.1. The molecule has 0 N–H and O–H groups in total. The number of hydrogen-bond donors (Lipinski definition) is 0. The summed E-state index contributed by atoms with van der Waals surface area (Å²) in [5, 5.41) is 1.26. The van der Waals surface area contributed by atoms with Crippen molar-refractivity contribution in [3.05, 3.63) is 156 Å². The minimum Gasteiger partial charge on any atom is -0.311 e. The van der Waals surface area contributed by atoms with Crippen LogP contribution in [0.15, 0.2) is 133 Å². The Labute approximate surface area is 238 Å². The molecule has 3 heteroatoms.